The van der Waals surface area contributed by atoms with E-state index in [-0.39, 0.29) is 23.2 Å². The number of amides is 1. The van der Waals surface area contributed by atoms with Crippen LogP contribution in [0.25, 0.3) is 0 Å². The van der Waals surface area contributed by atoms with Crippen LogP contribution < -0.4 is 10.2 Å². The van der Waals surface area contributed by atoms with Gasteiger partial charge in [-0.1, -0.05) is 25.1 Å². The summed E-state index contributed by atoms with van der Waals surface area (Å²) in [4.78, 5) is 25.2. The Kier molecular flexibility index (Phi) is 5.74. The number of nitrogens with zero attached hydrogens (tertiary/aromatic N) is 2. The molecular weight excluding hydrogens is 342 g/mol. The zero-order chi connectivity index (χ0) is 19.4. The highest BCUT2D eigenvalue weighted by Crippen LogP contribution is 2.25. The van der Waals surface area contributed by atoms with Crippen molar-refractivity contribution in [3.8, 4) is 0 Å². The van der Waals surface area contributed by atoms with Crippen LogP contribution in [-0.2, 0) is 0 Å². The van der Waals surface area contributed by atoms with Crippen LogP contribution in [0.5, 0.6) is 0 Å². The van der Waals surface area contributed by atoms with E-state index in [0.717, 1.165) is 18.7 Å². The average Bonchev–Trinajstić information content (AvgIpc) is 2.68. The maximum atomic E-state index is 12.4. The lowest BCUT2D eigenvalue weighted by atomic mass is 9.99. The van der Waals surface area contributed by atoms with Crippen molar-refractivity contribution >= 4 is 17.3 Å². The highest BCUT2D eigenvalue weighted by atomic mass is 16.6. The van der Waals surface area contributed by atoms with Crippen LogP contribution in [0.1, 0.15) is 48.7 Å². The van der Waals surface area contributed by atoms with E-state index in [2.05, 4.69) is 29.3 Å². The van der Waals surface area contributed by atoms with E-state index < -0.39 is 4.92 Å². The van der Waals surface area contributed by atoms with E-state index in [1.807, 2.05) is 19.1 Å². The zero-order valence-electron chi connectivity index (χ0n) is 15.7. The molecule has 0 aliphatic carbocycles. The second-order valence-electron chi connectivity index (χ2n) is 7.29. The smallest absolute Gasteiger partial charge is 0.270 e. The van der Waals surface area contributed by atoms with Gasteiger partial charge in [0.25, 0.3) is 11.6 Å². The lowest BCUT2D eigenvalue weighted by molar-refractivity contribution is -0.384. The quantitative estimate of drug-likeness (QED) is 0.631. The van der Waals surface area contributed by atoms with Gasteiger partial charge in [0.05, 0.1) is 11.0 Å². The largest absolute Gasteiger partial charge is 0.371 e. The van der Waals surface area contributed by atoms with Gasteiger partial charge in [0.2, 0.25) is 0 Å². The number of rotatable bonds is 5. The summed E-state index contributed by atoms with van der Waals surface area (Å²) in [5.41, 5.74) is 2.41. The third-order valence-corrected chi connectivity index (χ3v) is 5.08. The maximum Gasteiger partial charge on any atom is 0.270 e. The van der Waals surface area contributed by atoms with Gasteiger partial charge in [0.1, 0.15) is 0 Å². The average molecular weight is 367 g/mol. The summed E-state index contributed by atoms with van der Waals surface area (Å²) in [6.07, 6.45) is 2.51. The second-order valence-corrected chi connectivity index (χ2v) is 7.29. The molecule has 1 N–H and O–H groups in total. The Hall–Kier alpha value is -2.89. The van der Waals surface area contributed by atoms with Crippen molar-refractivity contribution in [1.82, 2.24) is 5.32 Å². The van der Waals surface area contributed by atoms with Gasteiger partial charge in [-0.3, -0.25) is 14.9 Å². The molecule has 0 saturated carbocycles. The number of non-ortho nitro benzene ring substituents is 1. The molecule has 2 aromatic carbocycles. The minimum Gasteiger partial charge on any atom is -0.371 e. The van der Waals surface area contributed by atoms with Crippen molar-refractivity contribution in [3.05, 3.63) is 69.8 Å². The lowest BCUT2D eigenvalue weighted by Crippen LogP contribution is -2.34. The van der Waals surface area contributed by atoms with Crippen molar-refractivity contribution in [3.63, 3.8) is 0 Å². The molecule has 1 aliphatic rings. The zero-order valence-corrected chi connectivity index (χ0v) is 15.7. The van der Waals surface area contributed by atoms with E-state index >= 15 is 0 Å². The van der Waals surface area contributed by atoms with E-state index in [1.165, 1.54) is 36.7 Å². The predicted molar refractivity (Wildman–Crippen MR) is 106 cm³/mol. The van der Waals surface area contributed by atoms with Crippen molar-refractivity contribution in [2.75, 3.05) is 18.0 Å². The first-order valence-corrected chi connectivity index (χ1v) is 9.34. The Morgan fingerprint density at radius 2 is 2.00 bits per heavy atom. The molecule has 6 nitrogen and oxygen atoms in total. The Morgan fingerprint density at radius 1 is 1.26 bits per heavy atom. The molecule has 6 heteroatoms. The summed E-state index contributed by atoms with van der Waals surface area (Å²) >= 11 is 0. The second kappa shape index (κ2) is 8.20. The summed E-state index contributed by atoms with van der Waals surface area (Å²) < 4.78 is 0. The van der Waals surface area contributed by atoms with Gasteiger partial charge >= 0.3 is 0 Å². The molecule has 0 unspecified atom stereocenters. The van der Waals surface area contributed by atoms with E-state index in [0.29, 0.717) is 5.92 Å². The van der Waals surface area contributed by atoms with Crippen LogP contribution in [0.3, 0.4) is 0 Å². The number of nitrogens with one attached hydrogen (secondary N) is 1. The van der Waals surface area contributed by atoms with Gasteiger partial charge in [0, 0.05) is 36.5 Å². The molecule has 1 amide bonds. The first-order chi connectivity index (χ1) is 12.9. The minimum absolute atomic E-state index is 0.0876. The first kappa shape index (κ1) is 18.9. The molecule has 0 spiro atoms. The van der Waals surface area contributed by atoms with Crippen molar-refractivity contribution in [1.29, 1.82) is 0 Å². The molecule has 1 saturated heterocycles. The predicted octanol–water partition coefficient (Wildman–Crippen LogP) is 4.32. The normalized spacial score (nSPS) is 18.0. The molecule has 2 aromatic rings. The highest BCUT2D eigenvalue weighted by Gasteiger charge is 2.18. The molecule has 0 aromatic heterocycles. The number of benzene rings is 2. The topological polar surface area (TPSA) is 75.5 Å². The van der Waals surface area contributed by atoms with Gasteiger partial charge in [-0.05, 0) is 49.4 Å². The fraction of sp³-hybridized carbons (Fsp3) is 0.381. The maximum absolute atomic E-state index is 12.4. The summed E-state index contributed by atoms with van der Waals surface area (Å²) in [5.74, 6) is 0.395. The molecule has 3 rings (SSSR count). The Labute approximate surface area is 159 Å². The molecule has 0 radical (unpaired) electrons. The highest BCUT2D eigenvalue weighted by molar-refractivity contribution is 5.95. The van der Waals surface area contributed by atoms with E-state index in [1.54, 1.807) is 6.07 Å². The summed E-state index contributed by atoms with van der Waals surface area (Å²) in [5, 5.41) is 13.8. The molecular formula is C21H25N3O3. The van der Waals surface area contributed by atoms with Crippen molar-refractivity contribution in [2.24, 2.45) is 5.92 Å². The van der Waals surface area contributed by atoms with Crippen LogP contribution >= 0.6 is 0 Å². The Balaban J connectivity index is 1.65. The molecule has 1 fully saturated rings. The number of hydrogen-bond donors (Lipinski definition) is 1. The van der Waals surface area contributed by atoms with Gasteiger partial charge in [-0.25, -0.2) is 0 Å². The van der Waals surface area contributed by atoms with Gasteiger partial charge < -0.3 is 10.2 Å². The SMILES string of the molecule is C[C@@H]1CCCN(c2ccc([C@@H](C)NC(=O)c3cccc([N+](=O)[O-])c3)cc2)C1. The molecule has 0 bridgehead atoms. The van der Waals surface area contributed by atoms with E-state index in [4.69, 9.17) is 0 Å². The minimum atomic E-state index is -0.500. The van der Waals surface area contributed by atoms with Gasteiger partial charge in [-0.15, -0.1) is 0 Å². The van der Waals surface area contributed by atoms with Crippen LogP contribution in [0.15, 0.2) is 48.5 Å². The molecule has 1 aliphatic heterocycles. The number of hydrogen-bond acceptors (Lipinski definition) is 4. The van der Waals surface area contributed by atoms with Crippen LogP contribution in [0.4, 0.5) is 11.4 Å². The molecule has 2 atom stereocenters. The number of piperidine rings is 1. The standard InChI is InChI=1S/C21H25N3O3/c1-15-5-4-12-23(14-15)19-10-8-17(9-11-19)16(2)22-21(25)18-6-3-7-20(13-18)24(26)27/h3,6-11,13,15-16H,4-5,12,14H2,1-2H3,(H,22,25)/t15-,16-/m1/s1. The molecule has 1 heterocycles. The number of nitro benzene ring substituents is 1. The Bertz CT molecular complexity index is 820. The van der Waals surface area contributed by atoms with Crippen LogP contribution in [0.2, 0.25) is 0 Å². The van der Waals surface area contributed by atoms with Gasteiger partial charge in [0.15, 0.2) is 0 Å². The molecule has 27 heavy (non-hydrogen) atoms. The van der Waals surface area contributed by atoms with Crippen molar-refractivity contribution in [2.45, 2.75) is 32.7 Å². The monoisotopic (exact) mass is 367 g/mol. The number of carbonyl (C=O) groups is 1. The van der Waals surface area contributed by atoms with Crippen LogP contribution in [0, 0.1) is 16.0 Å². The number of carbonyl (C=O) groups excluding carboxylic acids is 1. The summed E-state index contributed by atoms with van der Waals surface area (Å²) in [7, 11) is 0. The lowest BCUT2D eigenvalue weighted by Gasteiger charge is -2.33. The summed E-state index contributed by atoms with van der Waals surface area (Å²) in [6.45, 7) is 6.36. The summed E-state index contributed by atoms with van der Waals surface area (Å²) in [6, 6.07) is 13.9. The first-order valence-electron chi connectivity index (χ1n) is 9.34. The Morgan fingerprint density at radius 3 is 2.67 bits per heavy atom. The third-order valence-electron chi connectivity index (χ3n) is 5.08. The van der Waals surface area contributed by atoms with E-state index in [9.17, 15) is 14.9 Å². The van der Waals surface area contributed by atoms with Crippen LogP contribution in [-0.4, -0.2) is 23.9 Å². The molecule has 142 valence electrons. The number of nitro groups is 1. The van der Waals surface area contributed by atoms with Gasteiger partial charge in [-0.2, -0.15) is 0 Å². The number of anilines is 1. The van der Waals surface area contributed by atoms with Crippen molar-refractivity contribution < 1.29 is 9.72 Å². The fourth-order valence-corrected chi connectivity index (χ4v) is 3.52. The fourth-order valence-electron chi connectivity index (χ4n) is 3.52. The third kappa shape index (κ3) is 4.64.